The monoisotopic (exact) mass is 289 g/mol. The second-order valence-corrected chi connectivity index (χ2v) is 6.22. The number of hydrogen-bond donors (Lipinski definition) is 1. The summed E-state index contributed by atoms with van der Waals surface area (Å²) in [6.45, 7) is 1.94. The van der Waals surface area contributed by atoms with Gasteiger partial charge in [-0.3, -0.25) is 9.69 Å². The van der Waals surface area contributed by atoms with Gasteiger partial charge in [0.2, 0.25) is 0 Å². The van der Waals surface area contributed by atoms with Crippen LogP contribution in [0.1, 0.15) is 42.9 Å². The van der Waals surface area contributed by atoms with Crippen LogP contribution in [0.4, 0.5) is 0 Å². The number of rotatable bonds is 4. The van der Waals surface area contributed by atoms with Crippen LogP contribution in [-0.2, 0) is 11.2 Å². The molecule has 0 bridgehead atoms. The van der Waals surface area contributed by atoms with Gasteiger partial charge in [-0.25, -0.2) is 0 Å². The van der Waals surface area contributed by atoms with Crippen molar-refractivity contribution in [2.45, 2.75) is 38.1 Å². The molecule has 0 spiro atoms. The van der Waals surface area contributed by atoms with E-state index in [9.17, 15) is 4.79 Å². The largest absolute Gasteiger partial charge is 0.497 e. The quantitative estimate of drug-likeness (QED) is 0.926. The lowest BCUT2D eigenvalue weighted by Gasteiger charge is -2.33. The summed E-state index contributed by atoms with van der Waals surface area (Å²) in [5, 5.41) is 8.95. The van der Waals surface area contributed by atoms with E-state index >= 15 is 0 Å². The third-order valence-electron chi connectivity index (χ3n) is 4.85. The molecule has 0 radical (unpaired) electrons. The molecule has 1 aromatic carbocycles. The first-order valence-electron chi connectivity index (χ1n) is 7.80. The Morgan fingerprint density at radius 3 is 3.05 bits per heavy atom. The van der Waals surface area contributed by atoms with Gasteiger partial charge < -0.3 is 9.84 Å². The van der Waals surface area contributed by atoms with Gasteiger partial charge in [0.05, 0.1) is 7.11 Å². The highest BCUT2D eigenvalue weighted by atomic mass is 16.5. The molecule has 2 atom stereocenters. The summed E-state index contributed by atoms with van der Waals surface area (Å²) in [4.78, 5) is 13.4. The van der Waals surface area contributed by atoms with Crippen molar-refractivity contribution in [2.75, 3.05) is 20.2 Å². The van der Waals surface area contributed by atoms with Crippen LogP contribution in [0, 0.1) is 5.92 Å². The molecular weight excluding hydrogens is 266 g/mol. The number of likely N-dealkylation sites (tertiary alicyclic amines) is 1. The fourth-order valence-electron chi connectivity index (χ4n) is 3.83. The number of hydrogen-bond acceptors (Lipinski definition) is 3. The molecule has 2 unspecified atom stereocenters. The summed E-state index contributed by atoms with van der Waals surface area (Å²) in [6.07, 6.45) is 4.81. The van der Waals surface area contributed by atoms with Gasteiger partial charge in [0.1, 0.15) is 5.75 Å². The predicted octanol–water partition coefficient (Wildman–Crippen LogP) is 2.87. The van der Waals surface area contributed by atoms with Crippen molar-refractivity contribution in [3.8, 4) is 5.75 Å². The van der Waals surface area contributed by atoms with Gasteiger partial charge in [0.25, 0.3) is 0 Å². The summed E-state index contributed by atoms with van der Waals surface area (Å²) in [6, 6.07) is 6.86. The zero-order valence-corrected chi connectivity index (χ0v) is 12.5. The molecule has 1 aliphatic carbocycles. The number of benzene rings is 1. The summed E-state index contributed by atoms with van der Waals surface area (Å²) in [7, 11) is 1.71. The molecule has 21 heavy (non-hydrogen) atoms. The van der Waals surface area contributed by atoms with Crippen molar-refractivity contribution in [3.05, 3.63) is 29.3 Å². The van der Waals surface area contributed by atoms with Crippen molar-refractivity contribution in [2.24, 2.45) is 5.92 Å². The Bertz CT molecular complexity index is 529. The van der Waals surface area contributed by atoms with E-state index in [0.29, 0.717) is 18.4 Å². The van der Waals surface area contributed by atoms with E-state index < -0.39 is 5.97 Å². The number of ether oxygens (including phenoxy) is 1. The number of carbonyl (C=O) groups is 1. The highest BCUT2D eigenvalue weighted by Crippen LogP contribution is 2.38. The zero-order chi connectivity index (χ0) is 14.8. The number of fused-ring (bicyclic) bond motifs is 1. The lowest BCUT2D eigenvalue weighted by molar-refractivity contribution is -0.138. The van der Waals surface area contributed by atoms with Crippen molar-refractivity contribution < 1.29 is 14.6 Å². The third-order valence-corrected chi connectivity index (χ3v) is 4.85. The zero-order valence-electron chi connectivity index (χ0n) is 12.5. The Balaban J connectivity index is 1.75. The molecule has 0 aromatic heterocycles. The SMILES string of the molecule is COc1ccc2c(c1)CCCC2N1CCC(CC(=O)O)C1. The highest BCUT2D eigenvalue weighted by molar-refractivity contribution is 5.67. The molecule has 3 rings (SSSR count). The molecule has 2 aliphatic rings. The number of aliphatic carboxylic acids is 1. The lowest BCUT2D eigenvalue weighted by atomic mass is 9.86. The van der Waals surface area contributed by atoms with E-state index in [0.717, 1.165) is 31.7 Å². The molecule has 0 saturated carbocycles. The van der Waals surface area contributed by atoms with Crippen LogP contribution in [-0.4, -0.2) is 36.2 Å². The summed E-state index contributed by atoms with van der Waals surface area (Å²) >= 11 is 0. The van der Waals surface area contributed by atoms with E-state index in [1.54, 1.807) is 7.11 Å². The topological polar surface area (TPSA) is 49.8 Å². The van der Waals surface area contributed by atoms with Crippen LogP contribution in [0.2, 0.25) is 0 Å². The van der Waals surface area contributed by atoms with E-state index in [1.165, 1.54) is 24.0 Å². The maximum atomic E-state index is 10.9. The molecule has 0 amide bonds. The number of carboxylic acids is 1. The molecular formula is C17H23NO3. The third kappa shape index (κ3) is 3.05. The van der Waals surface area contributed by atoms with Gasteiger partial charge in [-0.05, 0) is 61.4 Å². The fourth-order valence-corrected chi connectivity index (χ4v) is 3.83. The van der Waals surface area contributed by atoms with Crippen molar-refractivity contribution in [1.29, 1.82) is 0 Å². The second-order valence-electron chi connectivity index (χ2n) is 6.22. The minimum atomic E-state index is -0.671. The fraction of sp³-hybridized carbons (Fsp3) is 0.588. The first kappa shape index (κ1) is 14.4. The number of methoxy groups -OCH3 is 1. The molecule has 4 nitrogen and oxygen atoms in total. The van der Waals surface area contributed by atoms with Crippen LogP contribution >= 0.6 is 0 Å². The van der Waals surface area contributed by atoms with Gasteiger partial charge in [0.15, 0.2) is 0 Å². The molecule has 1 N–H and O–H groups in total. The molecule has 1 heterocycles. The maximum Gasteiger partial charge on any atom is 0.303 e. The van der Waals surface area contributed by atoms with Crippen molar-refractivity contribution >= 4 is 5.97 Å². The number of aryl methyl sites for hydroxylation is 1. The van der Waals surface area contributed by atoms with Crippen LogP contribution in [0.3, 0.4) is 0 Å². The second kappa shape index (κ2) is 6.06. The van der Waals surface area contributed by atoms with Gasteiger partial charge >= 0.3 is 5.97 Å². The Labute approximate surface area is 125 Å². The summed E-state index contributed by atoms with van der Waals surface area (Å²) in [5.74, 6) is 0.571. The van der Waals surface area contributed by atoms with Gasteiger partial charge in [0, 0.05) is 19.0 Å². The lowest BCUT2D eigenvalue weighted by Crippen LogP contribution is -2.29. The van der Waals surface area contributed by atoms with Crippen molar-refractivity contribution in [1.82, 2.24) is 4.90 Å². The van der Waals surface area contributed by atoms with Gasteiger partial charge in [-0.1, -0.05) is 6.07 Å². The molecule has 1 fully saturated rings. The standard InChI is InChI=1S/C17H23NO3/c1-21-14-5-6-15-13(10-14)3-2-4-16(15)18-8-7-12(11-18)9-17(19)20/h5-6,10,12,16H,2-4,7-9,11H2,1H3,(H,19,20). The maximum absolute atomic E-state index is 10.9. The molecule has 1 saturated heterocycles. The predicted molar refractivity (Wildman–Crippen MR) is 80.6 cm³/mol. The van der Waals surface area contributed by atoms with E-state index in [2.05, 4.69) is 17.0 Å². The molecule has 1 aromatic rings. The van der Waals surface area contributed by atoms with Crippen LogP contribution in [0.15, 0.2) is 18.2 Å². The Hall–Kier alpha value is -1.55. The Morgan fingerprint density at radius 1 is 1.43 bits per heavy atom. The van der Waals surface area contributed by atoms with Gasteiger partial charge in [-0.2, -0.15) is 0 Å². The van der Waals surface area contributed by atoms with Crippen molar-refractivity contribution in [3.63, 3.8) is 0 Å². The smallest absolute Gasteiger partial charge is 0.303 e. The minimum absolute atomic E-state index is 0.304. The number of carboxylic acid groups (broad SMARTS) is 1. The highest BCUT2D eigenvalue weighted by Gasteiger charge is 2.32. The Morgan fingerprint density at radius 2 is 2.29 bits per heavy atom. The minimum Gasteiger partial charge on any atom is -0.497 e. The van der Waals surface area contributed by atoms with Crippen LogP contribution in [0.5, 0.6) is 5.75 Å². The first-order chi connectivity index (χ1) is 10.2. The average molecular weight is 289 g/mol. The molecule has 1 aliphatic heterocycles. The summed E-state index contributed by atoms with van der Waals surface area (Å²) in [5.41, 5.74) is 2.81. The summed E-state index contributed by atoms with van der Waals surface area (Å²) < 4.78 is 5.32. The van der Waals surface area contributed by atoms with Gasteiger partial charge in [-0.15, -0.1) is 0 Å². The van der Waals surface area contributed by atoms with E-state index in [1.807, 2.05) is 6.07 Å². The first-order valence-corrected chi connectivity index (χ1v) is 7.80. The van der Waals surface area contributed by atoms with Crippen LogP contribution in [0.25, 0.3) is 0 Å². The average Bonchev–Trinajstić information content (AvgIpc) is 2.93. The van der Waals surface area contributed by atoms with Crippen LogP contribution < -0.4 is 4.74 Å². The van der Waals surface area contributed by atoms with E-state index in [-0.39, 0.29) is 0 Å². The van der Waals surface area contributed by atoms with E-state index in [4.69, 9.17) is 9.84 Å². The number of nitrogens with zero attached hydrogens (tertiary/aromatic N) is 1. The molecule has 114 valence electrons. The molecule has 4 heteroatoms. The normalized spacial score (nSPS) is 25.6. The Kier molecular flexibility index (Phi) is 4.15.